The van der Waals surface area contributed by atoms with Gasteiger partial charge in [0.2, 0.25) is 0 Å². The van der Waals surface area contributed by atoms with Crippen LogP contribution in [-0.2, 0) is 33.4 Å². The minimum absolute atomic E-state index is 0.0674. The molecule has 0 N–H and O–H groups in total. The molecule has 0 radical (unpaired) electrons. The predicted octanol–water partition coefficient (Wildman–Crippen LogP) is 4.64. The molecule has 0 unspecified atom stereocenters. The predicted molar refractivity (Wildman–Crippen MR) is 121 cm³/mol. The van der Waals surface area contributed by atoms with E-state index in [2.05, 4.69) is 0 Å². The van der Waals surface area contributed by atoms with Gasteiger partial charge in [-0.15, -0.1) is 0 Å². The van der Waals surface area contributed by atoms with Crippen LogP contribution in [0.5, 0.6) is 11.5 Å². The molecule has 2 heterocycles. The zero-order chi connectivity index (χ0) is 24.6. The van der Waals surface area contributed by atoms with E-state index in [9.17, 15) is 18.0 Å². The lowest BCUT2D eigenvalue weighted by atomic mass is 9.96. The molecule has 2 atom stereocenters. The second kappa shape index (κ2) is 9.70. The molecule has 2 aromatic rings. The van der Waals surface area contributed by atoms with Gasteiger partial charge in [0.25, 0.3) is 0 Å². The molecule has 2 aliphatic heterocycles. The zero-order valence-electron chi connectivity index (χ0n) is 19.5. The molecule has 0 spiro atoms. The van der Waals surface area contributed by atoms with Crippen molar-refractivity contribution in [3.63, 3.8) is 0 Å². The van der Waals surface area contributed by atoms with E-state index < -0.39 is 11.7 Å². The normalized spacial score (nSPS) is 21.8. The van der Waals surface area contributed by atoms with Crippen molar-refractivity contribution in [3.8, 4) is 11.5 Å². The first-order valence-electron chi connectivity index (χ1n) is 11.9. The second-order valence-electron chi connectivity index (χ2n) is 9.18. The van der Waals surface area contributed by atoms with Crippen molar-refractivity contribution < 1.29 is 36.9 Å². The van der Waals surface area contributed by atoms with E-state index in [-0.39, 0.29) is 31.0 Å². The summed E-state index contributed by atoms with van der Waals surface area (Å²) in [6.07, 6.45) is -3.36. The SMILES string of the molecule is COC(=O)C[C@@H]1COc2cc(O[C@@H]3CCc4c3ccc(C(F)(F)F)c4CN3CCOCC3)ccc21. The number of rotatable bonds is 6. The number of esters is 1. The fourth-order valence-electron chi connectivity index (χ4n) is 5.24. The molecule has 5 rings (SSSR count). The number of hydrogen-bond acceptors (Lipinski definition) is 6. The van der Waals surface area contributed by atoms with Crippen LogP contribution in [0.2, 0.25) is 0 Å². The number of benzene rings is 2. The van der Waals surface area contributed by atoms with Crippen molar-refractivity contribution in [2.45, 2.75) is 44.0 Å². The van der Waals surface area contributed by atoms with Gasteiger partial charge in [0.15, 0.2) is 0 Å². The Morgan fingerprint density at radius 2 is 1.91 bits per heavy atom. The van der Waals surface area contributed by atoms with Crippen LogP contribution >= 0.6 is 0 Å². The van der Waals surface area contributed by atoms with Crippen molar-refractivity contribution in [3.05, 3.63) is 58.1 Å². The molecule has 6 nitrogen and oxygen atoms in total. The number of fused-ring (bicyclic) bond motifs is 2. The van der Waals surface area contributed by atoms with E-state index >= 15 is 0 Å². The summed E-state index contributed by atoms with van der Waals surface area (Å²) < 4.78 is 63.7. The molecule has 0 aromatic heterocycles. The highest BCUT2D eigenvalue weighted by molar-refractivity contribution is 5.71. The molecule has 0 saturated carbocycles. The van der Waals surface area contributed by atoms with Crippen LogP contribution in [0, 0.1) is 0 Å². The Morgan fingerprint density at radius 3 is 2.66 bits per heavy atom. The van der Waals surface area contributed by atoms with Gasteiger partial charge in [-0.3, -0.25) is 9.69 Å². The number of alkyl halides is 3. The first-order chi connectivity index (χ1) is 16.8. The van der Waals surface area contributed by atoms with Crippen molar-refractivity contribution >= 4 is 5.97 Å². The molecular weight excluding hydrogens is 463 g/mol. The first-order valence-corrected chi connectivity index (χ1v) is 11.9. The van der Waals surface area contributed by atoms with Gasteiger partial charge in [0.05, 0.1) is 38.9 Å². The summed E-state index contributed by atoms with van der Waals surface area (Å²) in [6, 6.07) is 8.27. The maximum absolute atomic E-state index is 13.9. The average Bonchev–Trinajstić information content (AvgIpc) is 3.43. The lowest BCUT2D eigenvalue weighted by molar-refractivity contribution is -0.141. The number of carbonyl (C=O) groups excluding carboxylic acids is 1. The molecule has 1 saturated heterocycles. The average molecular weight is 492 g/mol. The van der Waals surface area contributed by atoms with Crippen LogP contribution in [0.4, 0.5) is 13.2 Å². The Labute approximate surface area is 201 Å². The highest BCUT2D eigenvalue weighted by Crippen LogP contribution is 2.44. The maximum atomic E-state index is 13.9. The molecule has 3 aliphatic rings. The molecular formula is C26H28F3NO5. The van der Waals surface area contributed by atoms with Crippen LogP contribution in [0.3, 0.4) is 0 Å². The topological polar surface area (TPSA) is 57.2 Å². The monoisotopic (exact) mass is 491 g/mol. The molecule has 188 valence electrons. The minimum atomic E-state index is -4.41. The third-order valence-corrected chi connectivity index (χ3v) is 7.05. The number of halogens is 3. The minimum Gasteiger partial charge on any atom is -0.492 e. The second-order valence-corrected chi connectivity index (χ2v) is 9.18. The van der Waals surface area contributed by atoms with Crippen LogP contribution in [0.1, 0.15) is 52.7 Å². The van der Waals surface area contributed by atoms with Crippen molar-refractivity contribution in [2.24, 2.45) is 0 Å². The summed E-state index contributed by atoms with van der Waals surface area (Å²) in [5.41, 5.74) is 2.27. The molecule has 1 fully saturated rings. The Balaban J connectivity index is 1.37. The van der Waals surface area contributed by atoms with Gasteiger partial charge in [-0.2, -0.15) is 13.2 Å². The van der Waals surface area contributed by atoms with Crippen LogP contribution in [-0.4, -0.2) is 50.9 Å². The molecule has 0 amide bonds. The number of carbonyl (C=O) groups is 1. The molecule has 9 heteroatoms. The van der Waals surface area contributed by atoms with Gasteiger partial charge in [-0.1, -0.05) is 12.1 Å². The highest BCUT2D eigenvalue weighted by atomic mass is 19.4. The summed E-state index contributed by atoms with van der Waals surface area (Å²) in [4.78, 5) is 13.7. The van der Waals surface area contributed by atoms with E-state index in [1.165, 1.54) is 13.2 Å². The lowest BCUT2D eigenvalue weighted by Gasteiger charge is -2.29. The Kier molecular flexibility index (Phi) is 6.63. The number of methoxy groups -OCH3 is 1. The number of morpholine rings is 1. The quantitative estimate of drug-likeness (QED) is 0.549. The number of nitrogens with zero attached hydrogens (tertiary/aromatic N) is 1. The van der Waals surface area contributed by atoms with Gasteiger partial charge in [0, 0.05) is 37.2 Å². The Bertz CT molecular complexity index is 1100. The fourth-order valence-corrected chi connectivity index (χ4v) is 5.24. The maximum Gasteiger partial charge on any atom is 0.416 e. The summed E-state index contributed by atoms with van der Waals surface area (Å²) in [5.74, 6) is 0.896. The Morgan fingerprint density at radius 1 is 1.14 bits per heavy atom. The van der Waals surface area contributed by atoms with Crippen LogP contribution in [0.25, 0.3) is 0 Å². The van der Waals surface area contributed by atoms with Gasteiger partial charge >= 0.3 is 12.1 Å². The third-order valence-electron chi connectivity index (χ3n) is 7.05. The van der Waals surface area contributed by atoms with E-state index in [0.717, 1.165) is 16.7 Å². The van der Waals surface area contributed by atoms with Crippen molar-refractivity contribution in [1.29, 1.82) is 0 Å². The van der Waals surface area contributed by atoms with Crippen LogP contribution < -0.4 is 9.47 Å². The van der Waals surface area contributed by atoms with Gasteiger partial charge in [-0.05, 0) is 41.7 Å². The fraction of sp³-hybridized carbons (Fsp3) is 0.500. The van der Waals surface area contributed by atoms with E-state index in [1.54, 1.807) is 12.1 Å². The molecule has 2 aromatic carbocycles. The summed E-state index contributed by atoms with van der Waals surface area (Å²) in [6.45, 7) is 2.94. The van der Waals surface area contributed by atoms with E-state index in [4.69, 9.17) is 18.9 Å². The van der Waals surface area contributed by atoms with Gasteiger partial charge in [0.1, 0.15) is 17.6 Å². The molecule has 35 heavy (non-hydrogen) atoms. The van der Waals surface area contributed by atoms with Crippen LogP contribution in [0.15, 0.2) is 30.3 Å². The summed E-state index contributed by atoms with van der Waals surface area (Å²) in [7, 11) is 1.36. The van der Waals surface area contributed by atoms with Gasteiger partial charge < -0.3 is 18.9 Å². The zero-order valence-corrected chi connectivity index (χ0v) is 19.5. The first kappa shape index (κ1) is 23.9. The Hall–Kier alpha value is -2.78. The van der Waals surface area contributed by atoms with E-state index in [0.29, 0.717) is 62.8 Å². The highest BCUT2D eigenvalue weighted by Gasteiger charge is 2.38. The largest absolute Gasteiger partial charge is 0.492 e. The van der Waals surface area contributed by atoms with Crippen molar-refractivity contribution in [2.75, 3.05) is 40.0 Å². The van der Waals surface area contributed by atoms with Gasteiger partial charge in [-0.25, -0.2) is 0 Å². The molecule has 0 bridgehead atoms. The third kappa shape index (κ3) is 4.97. The number of ether oxygens (including phenoxy) is 4. The van der Waals surface area contributed by atoms with Crippen molar-refractivity contribution in [1.82, 2.24) is 4.90 Å². The smallest absolute Gasteiger partial charge is 0.416 e. The standard InChI is InChI=1S/C26H28F3NO5/c1-32-25(31)12-16-15-34-24-13-17(2-3-18(16)24)35-23-7-5-19-20(23)4-6-22(26(27,28)29)21(19)14-30-8-10-33-11-9-30/h2-4,6,13,16,23H,5,7-12,14-15H2,1H3/t16-,23-/m1/s1. The number of hydrogen-bond donors (Lipinski definition) is 0. The summed E-state index contributed by atoms with van der Waals surface area (Å²) >= 11 is 0. The molecule has 1 aliphatic carbocycles. The van der Waals surface area contributed by atoms with E-state index in [1.807, 2.05) is 17.0 Å². The lowest BCUT2D eigenvalue weighted by Crippen LogP contribution is -2.36. The summed E-state index contributed by atoms with van der Waals surface area (Å²) in [5, 5.41) is 0.